The number of furan rings is 1. The van der Waals surface area contributed by atoms with E-state index in [1.807, 2.05) is 0 Å². The number of rotatable bonds is 6. The summed E-state index contributed by atoms with van der Waals surface area (Å²) in [6.45, 7) is 0.0896. The van der Waals surface area contributed by atoms with Crippen LogP contribution in [0.5, 0.6) is 5.75 Å². The normalized spacial score (nSPS) is 10.8. The molecule has 7 nitrogen and oxygen atoms in total. The molecule has 4 rings (SSSR count). The largest absolute Gasteiger partial charge is 0.497 e. The lowest BCUT2D eigenvalue weighted by Gasteiger charge is -2.22. The summed E-state index contributed by atoms with van der Waals surface area (Å²) < 4.78 is 24.6. The molecule has 0 saturated carbocycles. The van der Waals surface area contributed by atoms with Crippen molar-refractivity contribution in [2.75, 3.05) is 12.4 Å². The van der Waals surface area contributed by atoms with Crippen molar-refractivity contribution in [1.29, 1.82) is 0 Å². The van der Waals surface area contributed by atoms with Crippen molar-refractivity contribution in [2.24, 2.45) is 0 Å². The predicted octanol–water partition coefficient (Wildman–Crippen LogP) is 4.50. The molecule has 0 atom stereocenters. The van der Waals surface area contributed by atoms with Gasteiger partial charge in [0, 0.05) is 16.5 Å². The van der Waals surface area contributed by atoms with Crippen molar-refractivity contribution in [3.05, 3.63) is 94.4 Å². The van der Waals surface area contributed by atoms with Crippen LogP contribution >= 0.6 is 0 Å². The number of aromatic nitrogens is 1. The van der Waals surface area contributed by atoms with Crippen molar-refractivity contribution in [2.45, 2.75) is 13.1 Å². The van der Waals surface area contributed by atoms with E-state index in [-0.39, 0.29) is 24.3 Å². The molecule has 2 aromatic carbocycles. The number of ether oxygens (including phenoxy) is 1. The molecule has 2 aromatic heterocycles. The molecule has 31 heavy (non-hydrogen) atoms. The molecule has 0 bridgehead atoms. The Hall–Kier alpha value is -4.07. The Labute approximate surface area is 177 Å². The van der Waals surface area contributed by atoms with Gasteiger partial charge in [-0.2, -0.15) is 0 Å². The second kappa shape index (κ2) is 8.74. The molecular formula is C23H20FN3O4. The van der Waals surface area contributed by atoms with Gasteiger partial charge in [-0.05, 0) is 48.5 Å². The van der Waals surface area contributed by atoms with Crippen LogP contribution in [0.1, 0.15) is 11.3 Å². The predicted molar refractivity (Wildman–Crippen MR) is 114 cm³/mol. The molecule has 0 fully saturated rings. The summed E-state index contributed by atoms with van der Waals surface area (Å²) >= 11 is 0. The van der Waals surface area contributed by atoms with Crippen LogP contribution in [0.2, 0.25) is 0 Å². The van der Waals surface area contributed by atoms with E-state index < -0.39 is 11.8 Å². The highest BCUT2D eigenvalue weighted by molar-refractivity contribution is 5.89. The van der Waals surface area contributed by atoms with E-state index in [0.717, 1.165) is 5.39 Å². The Balaban J connectivity index is 1.65. The van der Waals surface area contributed by atoms with Crippen LogP contribution in [0.3, 0.4) is 0 Å². The molecule has 0 saturated heterocycles. The number of anilines is 1. The van der Waals surface area contributed by atoms with Gasteiger partial charge in [-0.15, -0.1) is 0 Å². The number of nitrogens with one attached hydrogen (secondary N) is 2. The number of pyridine rings is 1. The Morgan fingerprint density at radius 3 is 2.71 bits per heavy atom. The lowest BCUT2D eigenvalue weighted by molar-refractivity contribution is 0.201. The van der Waals surface area contributed by atoms with Crippen molar-refractivity contribution < 1.29 is 18.3 Å². The summed E-state index contributed by atoms with van der Waals surface area (Å²) in [6.07, 6.45) is 1.50. The lowest BCUT2D eigenvalue weighted by atomic mass is 10.1. The SMILES string of the molecule is COc1ccc2[nH]c(=O)c(CN(Cc3ccco3)C(=O)Nc3ccccc3F)cc2c1. The monoisotopic (exact) mass is 421 g/mol. The van der Waals surface area contributed by atoms with Gasteiger partial charge in [0.1, 0.15) is 17.3 Å². The number of hydrogen-bond acceptors (Lipinski definition) is 4. The third-order valence-electron chi connectivity index (χ3n) is 4.82. The van der Waals surface area contributed by atoms with Crippen LogP contribution in [0.15, 0.2) is 76.1 Å². The van der Waals surface area contributed by atoms with Crippen LogP contribution in [0, 0.1) is 5.82 Å². The minimum absolute atomic E-state index is 0.0104. The maximum atomic E-state index is 14.0. The first-order valence-corrected chi connectivity index (χ1v) is 9.56. The fourth-order valence-corrected chi connectivity index (χ4v) is 3.23. The van der Waals surface area contributed by atoms with E-state index in [9.17, 15) is 14.0 Å². The molecule has 0 aliphatic heterocycles. The molecule has 158 valence electrons. The van der Waals surface area contributed by atoms with Gasteiger partial charge in [0.05, 0.1) is 32.1 Å². The summed E-state index contributed by atoms with van der Waals surface area (Å²) in [5, 5.41) is 3.32. The topological polar surface area (TPSA) is 87.6 Å². The molecule has 2 N–H and O–H groups in total. The number of aromatic amines is 1. The van der Waals surface area contributed by atoms with Gasteiger partial charge in [-0.1, -0.05) is 12.1 Å². The first-order valence-electron chi connectivity index (χ1n) is 9.56. The van der Waals surface area contributed by atoms with Crippen LogP contribution in [0.4, 0.5) is 14.9 Å². The summed E-state index contributed by atoms with van der Waals surface area (Å²) in [6, 6.07) is 15.8. The van der Waals surface area contributed by atoms with E-state index >= 15 is 0 Å². The number of hydrogen-bond donors (Lipinski definition) is 2. The Bertz CT molecular complexity index is 1270. The number of carbonyl (C=O) groups excluding carboxylic acids is 1. The van der Waals surface area contributed by atoms with Crippen molar-refractivity contribution in [3.8, 4) is 5.75 Å². The Morgan fingerprint density at radius 1 is 1.13 bits per heavy atom. The number of amides is 2. The number of nitrogens with zero attached hydrogens (tertiary/aromatic N) is 1. The first kappa shape index (κ1) is 20.2. The number of fused-ring (bicyclic) bond motifs is 1. The number of methoxy groups -OCH3 is 1. The van der Waals surface area contributed by atoms with Crippen LogP contribution in [-0.4, -0.2) is 23.0 Å². The number of urea groups is 1. The molecule has 0 aliphatic carbocycles. The average molecular weight is 421 g/mol. The zero-order valence-electron chi connectivity index (χ0n) is 16.7. The standard InChI is InChI=1S/C23H20FN3O4/c1-30-17-8-9-20-15(12-17)11-16(22(28)25-20)13-27(14-18-5-4-10-31-18)23(29)26-21-7-3-2-6-19(21)24/h2-12H,13-14H2,1H3,(H,25,28)(H,26,29). The maximum Gasteiger partial charge on any atom is 0.322 e. The minimum Gasteiger partial charge on any atom is -0.497 e. The second-order valence-electron chi connectivity index (χ2n) is 6.92. The van der Waals surface area contributed by atoms with E-state index in [1.165, 1.54) is 29.4 Å². The smallest absolute Gasteiger partial charge is 0.322 e. The molecule has 8 heteroatoms. The molecule has 0 unspecified atom stereocenters. The maximum absolute atomic E-state index is 14.0. The summed E-state index contributed by atoms with van der Waals surface area (Å²) in [5.74, 6) is 0.627. The minimum atomic E-state index is -0.563. The quantitative estimate of drug-likeness (QED) is 0.480. The number of para-hydroxylation sites is 1. The van der Waals surface area contributed by atoms with Gasteiger partial charge in [0.15, 0.2) is 0 Å². The zero-order chi connectivity index (χ0) is 21.8. The van der Waals surface area contributed by atoms with Gasteiger partial charge in [-0.3, -0.25) is 4.79 Å². The summed E-state index contributed by atoms with van der Waals surface area (Å²) in [7, 11) is 1.56. The number of benzene rings is 2. The third-order valence-corrected chi connectivity index (χ3v) is 4.82. The Kier molecular flexibility index (Phi) is 5.70. The van der Waals surface area contributed by atoms with Crippen LogP contribution in [0.25, 0.3) is 10.9 Å². The Morgan fingerprint density at radius 2 is 1.97 bits per heavy atom. The lowest BCUT2D eigenvalue weighted by Crippen LogP contribution is -2.35. The molecule has 2 heterocycles. The second-order valence-corrected chi connectivity index (χ2v) is 6.92. The molecule has 4 aromatic rings. The van der Waals surface area contributed by atoms with Gasteiger partial charge in [0.25, 0.3) is 5.56 Å². The summed E-state index contributed by atoms with van der Waals surface area (Å²) in [4.78, 5) is 29.8. The molecular weight excluding hydrogens is 401 g/mol. The molecule has 2 amide bonds. The number of carbonyl (C=O) groups is 1. The van der Waals surface area contributed by atoms with Crippen LogP contribution < -0.4 is 15.6 Å². The van der Waals surface area contributed by atoms with Gasteiger partial charge < -0.3 is 24.4 Å². The van der Waals surface area contributed by atoms with Crippen molar-refractivity contribution in [1.82, 2.24) is 9.88 Å². The van der Waals surface area contributed by atoms with E-state index in [0.29, 0.717) is 22.6 Å². The van der Waals surface area contributed by atoms with Gasteiger partial charge >= 0.3 is 6.03 Å². The molecule has 0 aliphatic rings. The highest BCUT2D eigenvalue weighted by atomic mass is 19.1. The van der Waals surface area contributed by atoms with Crippen LogP contribution in [-0.2, 0) is 13.1 Å². The highest BCUT2D eigenvalue weighted by Gasteiger charge is 2.19. The number of H-pyrrole nitrogens is 1. The van der Waals surface area contributed by atoms with E-state index in [1.54, 1.807) is 49.6 Å². The fourth-order valence-electron chi connectivity index (χ4n) is 3.23. The molecule has 0 radical (unpaired) electrons. The van der Waals surface area contributed by atoms with Crippen molar-refractivity contribution >= 4 is 22.6 Å². The summed E-state index contributed by atoms with van der Waals surface area (Å²) in [5.41, 5.74) is 0.758. The fraction of sp³-hybridized carbons (Fsp3) is 0.130. The van der Waals surface area contributed by atoms with E-state index in [2.05, 4.69) is 10.3 Å². The van der Waals surface area contributed by atoms with Gasteiger partial charge in [0.2, 0.25) is 0 Å². The van der Waals surface area contributed by atoms with Crippen molar-refractivity contribution in [3.63, 3.8) is 0 Å². The van der Waals surface area contributed by atoms with E-state index in [4.69, 9.17) is 9.15 Å². The third kappa shape index (κ3) is 4.58. The van der Waals surface area contributed by atoms with Gasteiger partial charge in [-0.25, -0.2) is 9.18 Å². The average Bonchev–Trinajstić information content (AvgIpc) is 3.28. The first-order chi connectivity index (χ1) is 15.0. The zero-order valence-corrected chi connectivity index (χ0v) is 16.7. The number of halogens is 1. The highest BCUT2D eigenvalue weighted by Crippen LogP contribution is 2.20. The molecule has 0 spiro atoms.